The Morgan fingerprint density at radius 1 is 1.38 bits per heavy atom. The minimum Gasteiger partial charge on any atom is -0.305 e. The molecule has 0 aliphatic carbocycles. The Morgan fingerprint density at radius 2 is 2.27 bits per heavy atom. The normalized spacial score (nSPS) is 12.1. The van der Waals surface area contributed by atoms with Crippen LogP contribution in [-0.2, 0) is 17.8 Å². The van der Waals surface area contributed by atoms with Crippen molar-refractivity contribution in [2.45, 2.75) is 32.7 Å². The van der Waals surface area contributed by atoms with E-state index in [1.165, 1.54) is 35.8 Å². The molecule has 0 aliphatic heterocycles. The topological polar surface area (TPSA) is 34.4 Å². The number of fused-ring (bicyclic) bond motifs is 1. The van der Waals surface area contributed by atoms with E-state index in [9.17, 15) is 4.79 Å². The molecule has 0 bridgehead atoms. The molecule has 0 radical (unpaired) electrons. The molecular weight excluding hydrogens is 360 g/mol. The fourth-order valence-electron chi connectivity index (χ4n) is 2.65. The van der Waals surface area contributed by atoms with Crippen molar-refractivity contribution in [3.8, 4) is 12.3 Å². The lowest BCUT2D eigenvalue weighted by atomic mass is 10.1. The highest BCUT2D eigenvalue weighted by atomic mass is 32.1. The van der Waals surface area contributed by atoms with Crippen molar-refractivity contribution in [3.05, 3.63) is 57.0 Å². The standard InChI is InChI=1S/C21H20N2OS2/c1-3-5-7-16-9-11-18-19(15-16)26-21(23(18)13-4-2)22-20(24)12-10-17-8-6-14-25-17/h2,6,8-12,14-15H,3,5,7,13H2,1H3/b12-10+,22-21?. The summed E-state index contributed by atoms with van der Waals surface area (Å²) in [4.78, 5) is 18.2. The lowest BCUT2D eigenvalue weighted by molar-refractivity contribution is -0.113. The second-order valence-electron chi connectivity index (χ2n) is 5.88. The summed E-state index contributed by atoms with van der Waals surface area (Å²) in [7, 11) is 0. The predicted octanol–water partition coefficient (Wildman–Crippen LogP) is 4.88. The number of amides is 1. The van der Waals surface area contributed by atoms with E-state index in [-0.39, 0.29) is 5.91 Å². The number of unbranched alkanes of at least 4 members (excludes halogenated alkanes) is 1. The Balaban J connectivity index is 1.96. The van der Waals surface area contributed by atoms with Crippen LogP contribution in [0, 0.1) is 12.3 Å². The van der Waals surface area contributed by atoms with E-state index in [0.717, 1.165) is 21.5 Å². The molecular formula is C21H20N2OS2. The van der Waals surface area contributed by atoms with E-state index in [0.29, 0.717) is 11.3 Å². The summed E-state index contributed by atoms with van der Waals surface area (Å²) < 4.78 is 3.04. The van der Waals surface area contributed by atoms with Crippen molar-refractivity contribution in [1.29, 1.82) is 0 Å². The van der Waals surface area contributed by atoms with Crippen molar-refractivity contribution in [1.82, 2.24) is 4.57 Å². The van der Waals surface area contributed by atoms with Gasteiger partial charge in [0.15, 0.2) is 4.80 Å². The summed E-state index contributed by atoms with van der Waals surface area (Å²) in [5.74, 6) is 2.39. The SMILES string of the molecule is C#CCn1c(=NC(=O)/C=C/c2cccs2)sc2cc(CCCC)ccc21. The number of thiazole rings is 1. The highest BCUT2D eigenvalue weighted by Gasteiger charge is 2.07. The Labute approximate surface area is 161 Å². The third-order valence-corrected chi connectivity index (χ3v) is 5.83. The molecule has 0 saturated heterocycles. The van der Waals surface area contributed by atoms with Crippen LogP contribution in [-0.4, -0.2) is 10.5 Å². The van der Waals surface area contributed by atoms with E-state index in [4.69, 9.17) is 6.42 Å². The fourth-order valence-corrected chi connectivity index (χ4v) is 4.37. The number of nitrogens with zero attached hydrogens (tertiary/aromatic N) is 2. The number of rotatable bonds is 6. The van der Waals surface area contributed by atoms with Gasteiger partial charge in [-0.3, -0.25) is 4.79 Å². The second-order valence-corrected chi connectivity index (χ2v) is 7.87. The molecule has 132 valence electrons. The molecule has 3 rings (SSSR count). The summed E-state index contributed by atoms with van der Waals surface area (Å²) in [6, 6.07) is 10.3. The van der Waals surface area contributed by atoms with Gasteiger partial charge in [0.05, 0.1) is 16.8 Å². The third kappa shape index (κ3) is 4.40. The Kier molecular flexibility index (Phi) is 6.21. The third-order valence-electron chi connectivity index (χ3n) is 3.95. The van der Waals surface area contributed by atoms with Crippen molar-refractivity contribution < 1.29 is 4.79 Å². The molecule has 1 aromatic carbocycles. The minimum atomic E-state index is -0.276. The second kappa shape index (κ2) is 8.79. The van der Waals surface area contributed by atoms with E-state index in [2.05, 4.69) is 36.0 Å². The van der Waals surface area contributed by atoms with Crippen LogP contribution in [0.15, 0.2) is 46.8 Å². The molecule has 0 unspecified atom stereocenters. The van der Waals surface area contributed by atoms with Gasteiger partial charge in [0.2, 0.25) is 0 Å². The first kappa shape index (κ1) is 18.4. The van der Waals surface area contributed by atoms with Crippen LogP contribution in [0.5, 0.6) is 0 Å². The van der Waals surface area contributed by atoms with Crippen molar-refractivity contribution in [2.75, 3.05) is 0 Å². The molecule has 3 aromatic rings. The minimum absolute atomic E-state index is 0.276. The molecule has 0 saturated carbocycles. The van der Waals surface area contributed by atoms with Crippen LogP contribution in [0.4, 0.5) is 0 Å². The van der Waals surface area contributed by atoms with Gasteiger partial charge in [-0.15, -0.1) is 17.8 Å². The van der Waals surface area contributed by atoms with Gasteiger partial charge < -0.3 is 4.57 Å². The van der Waals surface area contributed by atoms with E-state index < -0.39 is 0 Å². The highest BCUT2D eigenvalue weighted by molar-refractivity contribution is 7.16. The van der Waals surface area contributed by atoms with Crippen LogP contribution in [0.3, 0.4) is 0 Å². The maximum Gasteiger partial charge on any atom is 0.272 e. The molecule has 3 nitrogen and oxygen atoms in total. The van der Waals surface area contributed by atoms with Crippen LogP contribution >= 0.6 is 22.7 Å². The predicted molar refractivity (Wildman–Crippen MR) is 111 cm³/mol. The monoisotopic (exact) mass is 380 g/mol. The van der Waals surface area contributed by atoms with Gasteiger partial charge in [-0.25, -0.2) is 0 Å². The van der Waals surface area contributed by atoms with Gasteiger partial charge in [0, 0.05) is 11.0 Å². The van der Waals surface area contributed by atoms with Crippen molar-refractivity contribution in [2.24, 2.45) is 4.99 Å². The number of benzene rings is 1. The molecule has 1 amide bonds. The van der Waals surface area contributed by atoms with Crippen LogP contribution in [0.1, 0.15) is 30.2 Å². The quantitative estimate of drug-likeness (QED) is 0.443. The lowest BCUT2D eigenvalue weighted by Gasteiger charge is -2.02. The zero-order chi connectivity index (χ0) is 18.4. The largest absolute Gasteiger partial charge is 0.305 e. The van der Waals surface area contributed by atoms with Crippen LogP contribution in [0.2, 0.25) is 0 Å². The smallest absolute Gasteiger partial charge is 0.272 e. The summed E-state index contributed by atoms with van der Waals surface area (Å²) in [6.07, 6.45) is 12.2. The number of carbonyl (C=O) groups excluding carboxylic acids is 1. The summed E-state index contributed by atoms with van der Waals surface area (Å²) in [5, 5.41) is 1.98. The maximum atomic E-state index is 12.2. The number of terminal acetylenes is 1. The average molecular weight is 381 g/mol. The summed E-state index contributed by atoms with van der Waals surface area (Å²) in [5.41, 5.74) is 2.34. The van der Waals surface area contributed by atoms with E-state index in [1.807, 2.05) is 22.1 Å². The van der Waals surface area contributed by atoms with E-state index in [1.54, 1.807) is 17.4 Å². The molecule has 0 atom stereocenters. The van der Waals surface area contributed by atoms with Gasteiger partial charge in [0.1, 0.15) is 0 Å². The zero-order valence-electron chi connectivity index (χ0n) is 14.6. The number of carbonyl (C=O) groups is 1. The molecule has 2 aromatic heterocycles. The highest BCUT2D eigenvalue weighted by Crippen LogP contribution is 2.20. The lowest BCUT2D eigenvalue weighted by Crippen LogP contribution is -2.15. The van der Waals surface area contributed by atoms with Gasteiger partial charge in [-0.05, 0) is 48.1 Å². The number of aromatic nitrogens is 1. The Hall–Kier alpha value is -2.42. The van der Waals surface area contributed by atoms with Gasteiger partial charge in [0.25, 0.3) is 5.91 Å². The number of thiophene rings is 1. The first-order valence-electron chi connectivity index (χ1n) is 8.57. The zero-order valence-corrected chi connectivity index (χ0v) is 16.3. The maximum absolute atomic E-state index is 12.2. The fraction of sp³-hybridized carbons (Fsp3) is 0.238. The molecule has 26 heavy (non-hydrogen) atoms. The molecule has 0 aliphatic rings. The number of hydrogen-bond acceptors (Lipinski definition) is 3. The Morgan fingerprint density at radius 3 is 3.00 bits per heavy atom. The first-order valence-corrected chi connectivity index (χ1v) is 10.3. The first-order chi connectivity index (χ1) is 12.7. The van der Waals surface area contributed by atoms with E-state index >= 15 is 0 Å². The van der Waals surface area contributed by atoms with Gasteiger partial charge in [-0.1, -0.05) is 42.7 Å². The van der Waals surface area contributed by atoms with Crippen molar-refractivity contribution in [3.63, 3.8) is 0 Å². The summed E-state index contributed by atoms with van der Waals surface area (Å²) in [6.45, 7) is 2.59. The molecule has 2 heterocycles. The molecule has 0 spiro atoms. The summed E-state index contributed by atoms with van der Waals surface area (Å²) >= 11 is 3.10. The number of aryl methyl sites for hydroxylation is 1. The molecule has 0 N–H and O–H groups in total. The van der Waals surface area contributed by atoms with Crippen LogP contribution < -0.4 is 4.80 Å². The van der Waals surface area contributed by atoms with Crippen LogP contribution in [0.25, 0.3) is 16.3 Å². The number of hydrogen-bond donors (Lipinski definition) is 0. The van der Waals surface area contributed by atoms with Gasteiger partial charge in [-0.2, -0.15) is 4.99 Å². The van der Waals surface area contributed by atoms with Crippen molar-refractivity contribution >= 4 is 44.9 Å². The average Bonchev–Trinajstić information content (AvgIpc) is 3.27. The Bertz CT molecular complexity index is 1030. The van der Waals surface area contributed by atoms with Gasteiger partial charge >= 0.3 is 0 Å². The molecule has 0 fully saturated rings. The molecule has 5 heteroatoms.